The lowest BCUT2D eigenvalue weighted by Crippen LogP contribution is -1.83. The van der Waals surface area contributed by atoms with Crippen molar-refractivity contribution in [3.05, 3.63) is 19.3 Å². The van der Waals surface area contributed by atoms with E-state index in [-0.39, 0.29) is 0 Å². The maximum Gasteiger partial charge on any atom is 0.0704 e. The van der Waals surface area contributed by atoms with Crippen molar-refractivity contribution in [1.29, 1.82) is 0 Å². The Bertz CT molecular complexity index is 210. The highest BCUT2D eigenvalue weighted by Gasteiger charge is 1.94. The van der Waals surface area contributed by atoms with Gasteiger partial charge < -0.3 is 4.74 Å². The number of unbranched alkanes of at least 4 members (excludes halogenated alkanes) is 15. The predicted molar refractivity (Wildman–Crippen MR) is 100.0 cm³/mol. The molecule has 0 aromatic heterocycles. The number of hydrogen-bond donors (Lipinski definition) is 0. The Morgan fingerprint density at radius 2 is 1.00 bits per heavy atom. The second kappa shape index (κ2) is 20.7. The van der Waals surface area contributed by atoms with Gasteiger partial charge in [-0.05, 0) is 12.8 Å². The van der Waals surface area contributed by atoms with Gasteiger partial charge >= 0.3 is 0 Å². The largest absolute Gasteiger partial charge is 0.375 e. The Morgan fingerprint density at radius 3 is 1.41 bits per heavy atom. The molecule has 0 unspecified atom stereocenters. The van der Waals surface area contributed by atoms with Crippen molar-refractivity contribution in [1.82, 2.24) is 0 Å². The smallest absolute Gasteiger partial charge is 0.0704 e. The maximum absolute atomic E-state index is 4.73. The van der Waals surface area contributed by atoms with Gasteiger partial charge in [0.25, 0.3) is 0 Å². The van der Waals surface area contributed by atoms with E-state index in [0.29, 0.717) is 6.61 Å². The summed E-state index contributed by atoms with van der Waals surface area (Å²) in [4.78, 5) is 0. The minimum atomic E-state index is 0.652. The van der Waals surface area contributed by atoms with Gasteiger partial charge in [-0.2, -0.15) is 0 Å². The number of ether oxygens (including phenoxy) is 1. The van der Waals surface area contributed by atoms with Crippen LogP contribution in [0.2, 0.25) is 0 Å². The van der Waals surface area contributed by atoms with Crippen LogP contribution in [0.25, 0.3) is 0 Å². The van der Waals surface area contributed by atoms with Gasteiger partial charge in [0, 0.05) is 0 Å². The number of hydrogen-bond acceptors (Lipinski definition) is 1. The van der Waals surface area contributed by atoms with Crippen molar-refractivity contribution in [3.8, 4) is 0 Å². The lowest BCUT2D eigenvalue weighted by molar-refractivity contribution is 0.281. The molecule has 0 saturated carbocycles. The first-order valence-corrected chi connectivity index (χ1v) is 9.93. The summed E-state index contributed by atoms with van der Waals surface area (Å²) in [5.74, 6) is 0. The van der Waals surface area contributed by atoms with Gasteiger partial charge in [0.05, 0.1) is 13.7 Å². The highest BCUT2D eigenvalue weighted by Crippen LogP contribution is 2.13. The molecule has 0 atom stereocenters. The molecule has 0 rings (SSSR count). The summed E-state index contributed by atoms with van der Waals surface area (Å²) in [5.41, 5.74) is 0. The van der Waals surface area contributed by atoms with E-state index >= 15 is 0 Å². The standard InChI is InChI=1S/C21H41O/c1-3-4-5-6-7-8-9-10-11-12-13-14-15-16-17-18-19-20-21-22-2/h19-20H,2-18,21H2,1H3. The molecule has 1 radical (unpaired) electrons. The first kappa shape index (κ1) is 21.7. The van der Waals surface area contributed by atoms with Crippen molar-refractivity contribution in [2.45, 2.75) is 110 Å². The van der Waals surface area contributed by atoms with E-state index < -0.39 is 0 Å². The molecule has 0 aliphatic rings. The van der Waals surface area contributed by atoms with E-state index in [4.69, 9.17) is 4.74 Å². The van der Waals surface area contributed by atoms with Crippen molar-refractivity contribution in [3.63, 3.8) is 0 Å². The second-order valence-corrected chi connectivity index (χ2v) is 6.58. The molecule has 1 heteroatoms. The molecule has 0 fully saturated rings. The number of allylic oxidation sites excluding steroid dienone is 1. The van der Waals surface area contributed by atoms with Gasteiger partial charge in [0.2, 0.25) is 0 Å². The van der Waals surface area contributed by atoms with E-state index in [0.717, 1.165) is 0 Å². The molecule has 0 heterocycles. The molecule has 0 bridgehead atoms. The number of rotatable bonds is 18. The summed E-state index contributed by atoms with van der Waals surface area (Å²) in [6, 6.07) is 0. The van der Waals surface area contributed by atoms with E-state index in [1.807, 2.05) is 0 Å². The van der Waals surface area contributed by atoms with Gasteiger partial charge in [0.15, 0.2) is 0 Å². The third-order valence-electron chi connectivity index (χ3n) is 4.36. The third-order valence-corrected chi connectivity index (χ3v) is 4.36. The highest BCUT2D eigenvalue weighted by molar-refractivity contribution is 4.81. The normalized spacial score (nSPS) is 11.5. The van der Waals surface area contributed by atoms with E-state index in [1.54, 1.807) is 0 Å². The van der Waals surface area contributed by atoms with Crippen LogP contribution in [0, 0.1) is 7.11 Å². The Hall–Kier alpha value is -0.300. The molecule has 0 aromatic carbocycles. The van der Waals surface area contributed by atoms with Gasteiger partial charge in [0.1, 0.15) is 0 Å². The molecule has 1 nitrogen and oxygen atoms in total. The first-order chi connectivity index (χ1) is 10.9. The Balaban J connectivity index is 2.97. The second-order valence-electron chi connectivity index (χ2n) is 6.58. The fourth-order valence-corrected chi connectivity index (χ4v) is 2.89. The van der Waals surface area contributed by atoms with Crippen LogP contribution in [0.5, 0.6) is 0 Å². The topological polar surface area (TPSA) is 9.23 Å². The van der Waals surface area contributed by atoms with Crippen LogP contribution in [-0.2, 0) is 4.74 Å². The van der Waals surface area contributed by atoms with Crippen LogP contribution < -0.4 is 0 Å². The lowest BCUT2D eigenvalue weighted by atomic mass is 10.0. The van der Waals surface area contributed by atoms with Crippen LogP contribution >= 0.6 is 0 Å². The van der Waals surface area contributed by atoms with Crippen molar-refractivity contribution in [2.75, 3.05) is 6.61 Å². The molecular formula is C21H41O. The van der Waals surface area contributed by atoms with Crippen molar-refractivity contribution < 1.29 is 4.74 Å². The van der Waals surface area contributed by atoms with Crippen LogP contribution in [0.1, 0.15) is 110 Å². The zero-order chi connectivity index (χ0) is 16.1. The van der Waals surface area contributed by atoms with Crippen molar-refractivity contribution >= 4 is 0 Å². The molecule has 0 saturated heterocycles. The zero-order valence-electron chi connectivity index (χ0n) is 15.3. The molecule has 131 valence electrons. The van der Waals surface area contributed by atoms with E-state index in [2.05, 4.69) is 26.2 Å². The van der Waals surface area contributed by atoms with Crippen LogP contribution in [0.3, 0.4) is 0 Å². The summed E-state index contributed by atoms with van der Waals surface area (Å²) in [5, 5.41) is 0. The lowest BCUT2D eigenvalue weighted by Gasteiger charge is -2.03. The average molecular weight is 310 g/mol. The summed E-state index contributed by atoms with van der Waals surface area (Å²) in [7, 11) is 3.35. The summed E-state index contributed by atoms with van der Waals surface area (Å²) >= 11 is 0. The predicted octanol–water partition coefficient (Wildman–Crippen LogP) is 7.61. The monoisotopic (exact) mass is 309 g/mol. The van der Waals surface area contributed by atoms with E-state index in [9.17, 15) is 0 Å². The molecule has 22 heavy (non-hydrogen) atoms. The molecule has 0 aliphatic carbocycles. The highest BCUT2D eigenvalue weighted by atomic mass is 16.5. The fourth-order valence-electron chi connectivity index (χ4n) is 2.89. The average Bonchev–Trinajstić information content (AvgIpc) is 2.54. The summed E-state index contributed by atoms with van der Waals surface area (Å²) < 4.78 is 4.73. The maximum atomic E-state index is 4.73. The Morgan fingerprint density at radius 1 is 0.591 bits per heavy atom. The molecule has 0 spiro atoms. The molecule has 0 aromatic rings. The first-order valence-electron chi connectivity index (χ1n) is 9.93. The minimum Gasteiger partial charge on any atom is -0.375 e. The molecule has 0 amide bonds. The zero-order valence-corrected chi connectivity index (χ0v) is 15.3. The van der Waals surface area contributed by atoms with Crippen LogP contribution in [0.4, 0.5) is 0 Å². The summed E-state index contributed by atoms with van der Waals surface area (Å²) in [6.45, 7) is 2.94. The van der Waals surface area contributed by atoms with Crippen LogP contribution in [-0.4, -0.2) is 6.61 Å². The third kappa shape index (κ3) is 19.7. The van der Waals surface area contributed by atoms with Crippen molar-refractivity contribution in [2.24, 2.45) is 0 Å². The SMILES string of the molecule is [CH2]OCC=CCCCCCCCCCCCCCCCCC. The van der Waals surface area contributed by atoms with Crippen LogP contribution in [0.15, 0.2) is 12.2 Å². The quantitative estimate of drug-likeness (QED) is 0.187. The van der Waals surface area contributed by atoms with Gasteiger partial charge in [-0.1, -0.05) is 109 Å². The Labute approximate surface area is 140 Å². The molecular weight excluding hydrogens is 268 g/mol. The van der Waals surface area contributed by atoms with E-state index in [1.165, 1.54) is 103 Å². The summed E-state index contributed by atoms with van der Waals surface area (Å²) in [6.07, 6.45) is 27.0. The molecule has 0 aliphatic heterocycles. The Kier molecular flexibility index (Phi) is 20.4. The van der Waals surface area contributed by atoms with Gasteiger partial charge in [-0.15, -0.1) is 0 Å². The molecule has 0 N–H and O–H groups in total. The van der Waals surface area contributed by atoms with Gasteiger partial charge in [-0.3, -0.25) is 0 Å². The van der Waals surface area contributed by atoms with Gasteiger partial charge in [-0.25, -0.2) is 0 Å². The fraction of sp³-hybridized carbons (Fsp3) is 0.857. The minimum absolute atomic E-state index is 0.652.